The molecule has 1 saturated heterocycles. The average molecular weight is 304 g/mol. The van der Waals surface area contributed by atoms with Crippen LogP contribution in [-0.2, 0) is 24.5 Å². The van der Waals surface area contributed by atoms with E-state index in [-0.39, 0.29) is 17.9 Å². The predicted molar refractivity (Wildman–Crippen MR) is 66.9 cm³/mol. The van der Waals surface area contributed by atoms with Crippen molar-refractivity contribution in [1.82, 2.24) is 9.13 Å². The monoisotopic (exact) mass is 304 g/mol. The van der Waals surface area contributed by atoms with Crippen LogP contribution >= 0.6 is 0 Å². The summed E-state index contributed by atoms with van der Waals surface area (Å²) in [5, 5.41) is 0. The molecule has 1 spiro atoms. The van der Waals surface area contributed by atoms with Crippen molar-refractivity contribution in [2.75, 3.05) is 13.2 Å². The molecule has 116 valence electrons. The summed E-state index contributed by atoms with van der Waals surface area (Å²) in [5.74, 6) is 0.0360. The van der Waals surface area contributed by atoms with Gasteiger partial charge in [-0.2, -0.15) is 13.2 Å². The molecule has 2 atom stereocenters. The Morgan fingerprint density at radius 2 is 2.14 bits per heavy atom. The average Bonchev–Trinajstić information content (AvgIpc) is 2.80. The summed E-state index contributed by atoms with van der Waals surface area (Å²) in [6, 6.07) is 0. The first-order valence-electron chi connectivity index (χ1n) is 6.70. The maximum Gasteiger partial charge on any atom is 0.423 e. The van der Waals surface area contributed by atoms with Gasteiger partial charge in [0.15, 0.2) is 0 Å². The molecule has 1 aliphatic carbocycles. The van der Waals surface area contributed by atoms with Crippen LogP contribution in [-0.4, -0.2) is 22.3 Å². The zero-order valence-corrected chi connectivity index (χ0v) is 11.4. The van der Waals surface area contributed by atoms with Crippen LogP contribution in [0, 0.1) is 11.3 Å². The SMILES string of the molecule is Cn1cc(C(F)(F)F)c(=O)n(CC2CC23CCOC3)c1=O. The number of aryl methyl sites for hydroxylation is 1. The summed E-state index contributed by atoms with van der Waals surface area (Å²) >= 11 is 0. The summed E-state index contributed by atoms with van der Waals surface area (Å²) in [5.41, 5.74) is -3.32. The summed E-state index contributed by atoms with van der Waals surface area (Å²) in [4.78, 5) is 23.9. The van der Waals surface area contributed by atoms with Crippen molar-refractivity contribution in [3.8, 4) is 0 Å². The highest BCUT2D eigenvalue weighted by atomic mass is 19.4. The van der Waals surface area contributed by atoms with E-state index in [1.165, 1.54) is 7.05 Å². The fourth-order valence-corrected chi connectivity index (χ4v) is 3.10. The molecule has 8 heteroatoms. The molecule has 2 aliphatic rings. The summed E-state index contributed by atoms with van der Waals surface area (Å²) < 4.78 is 45.3. The van der Waals surface area contributed by atoms with Crippen LogP contribution in [0.25, 0.3) is 0 Å². The lowest BCUT2D eigenvalue weighted by Gasteiger charge is -2.13. The molecule has 0 N–H and O–H groups in total. The highest BCUT2D eigenvalue weighted by Crippen LogP contribution is 2.58. The zero-order valence-electron chi connectivity index (χ0n) is 11.4. The van der Waals surface area contributed by atoms with E-state index < -0.39 is 23.0 Å². The Morgan fingerprint density at radius 3 is 2.71 bits per heavy atom. The smallest absolute Gasteiger partial charge is 0.381 e. The van der Waals surface area contributed by atoms with Gasteiger partial charge in [-0.15, -0.1) is 0 Å². The number of rotatable bonds is 2. The second kappa shape index (κ2) is 4.46. The quantitative estimate of drug-likeness (QED) is 0.819. The standard InChI is InChI=1S/C13H15F3N2O3/c1-17-6-9(13(14,15)16)10(19)18(11(17)20)5-8-4-12(8)2-3-21-7-12/h6,8H,2-5,7H2,1H3. The molecule has 0 aromatic carbocycles. The van der Waals surface area contributed by atoms with Gasteiger partial charge in [0.2, 0.25) is 0 Å². The van der Waals surface area contributed by atoms with E-state index >= 15 is 0 Å². The van der Waals surface area contributed by atoms with Crippen molar-refractivity contribution in [3.05, 3.63) is 32.6 Å². The minimum absolute atomic E-state index is 0.0266. The van der Waals surface area contributed by atoms with Crippen LogP contribution in [0.5, 0.6) is 0 Å². The molecule has 21 heavy (non-hydrogen) atoms. The van der Waals surface area contributed by atoms with E-state index in [9.17, 15) is 22.8 Å². The first-order valence-corrected chi connectivity index (χ1v) is 6.70. The van der Waals surface area contributed by atoms with Gasteiger partial charge < -0.3 is 9.30 Å². The Bertz CT molecular complexity index is 683. The van der Waals surface area contributed by atoms with Crippen molar-refractivity contribution in [3.63, 3.8) is 0 Å². The second-order valence-corrected chi connectivity index (χ2v) is 5.92. The molecule has 2 fully saturated rings. The van der Waals surface area contributed by atoms with Gasteiger partial charge in [-0.3, -0.25) is 9.36 Å². The molecule has 1 aromatic rings. The van der Waals surface area contributed by atoms with Crippen LogP contribution in [0.15, 0.2) is 15.8 Å². The number of nitrogens with zero attached hydrogens (tertiary/aromatic N) is 2. The molecule has 1 aromatic heterocycles. The predicted octanol–water partition coefficient (Wildman–Crippen LogP) is 0.992. The van der Waals surface area contributed by atoms with E-state index in [2.05, 4.69) is 0 Å². The third-order valence-corrected chi connectivity index (χ3v) is 4.53. The molecule has 1 aliphatic heterocycles. The van der Waals surface area contributed by atoms with Crippen LogP contribution < -0.4 is 11.2 Å². The lowest BCUT2D eigenvalue weighted by atomic mass is 10.0. The van der Waals surface area contributed by atoms with Crippen LogP contribution in [0.1, 0.15) is 18.4 Å². The molecule has 2 heterocycles. The van der Waals surface area contributed by atoms with E-state index in [1.54, 1.807) is 0 Å². The van der Waals surface area contributed by atoms with Gasteiger partial charge in [0.1, 0.15) is 5.56 Å². The maximum atomic E-state index is 12.8. The van der Waals surface area contributed by atoms with Gasteiger partial charge in [-0.05, 0) is 18.8 Å². The highest BCUT2D eigenvalue weighted by Gasteiger charge is 2.56. The van der Waals surface area contributed by atoms with Crippen LogP contribution in [0.4, 0.5) is 13.2 Å². The van der Waals surface area contributed by atoms with Gasteiger partial charge in [0.25, 0.3) is 5.56 Å². The number of hydrogen-bond acceptors (Lipinski definition) is 3. The Labute approximate surface area is 117 Å². The van der Waals surface area contributed by atoms with E-state index in [1.807, 2.05) is 0 Å². The molecule has 5 nitrogen and oxygen atoms in total. The Kier molecular flexibility index (Phi) is 3.05. The normalized spacial score (nSPS) is 28.3. The lowest BCUT2D eigenvalue weighted by molar-refractivity contribution is -0.139. The number of hydrogen-bond donors (Lipinski definition) is 0. The Hall–Kier alpha value is -1.57. The van der Waals surface area contributed by atoms with E-state index in [0.717, 1.165) is 17.4 Å². The van der Waals surface area contributed by atoms with Gasteiger partial charge >= 0.3 is 11.9 Å². The minimum atomic E-state index is -4.76. The van der Waals surface area contributed by atoms with Gasteiger partial charge in [0, 0.05) is 31.8 Å². The van der Waals surface area contributed by atoms with Crippen LogP contribution in [0.3, 0.4) is 0 Å². The first-order chi connectivity index (χ1) is 9.74. The van der Waals surface area contributed by atoms with E-state index in [4.69, 9.17) is 4.74 Å². The molecule has 1 saturated carbocycles. The van der Waals surface area contributed by atoms with Crippen molar-refractivity contribution in [2.45, 2.75) is 25.6 Å². The van der Waals surface area contributed by atoms with Crippen molar-refractivity contribution in [2.24, 2.45) is 18.4 Å². The Morgan fingerprint density at radius 1 is 1.43 bits per heavy atom. The number of aromatic nitrogens is 2. The Balaban J connectivity index is 1.97. The molecular weight excluding hydrogens is 289 g/mol. The molecule has 0 amide bonds. The molecular formula is C13H15F3N2O3. The number of halogens is 3. The first kappa shape index (κ1) is 14.4. The summed E-state index contributed by atoms with van der Waals surface area (Å²) in [7, 11) is 1.22. The maximum absolute atomic E-state index is 12.8. The number of ether oxygens (including phenoxy) is 1. The van der Waals surface area contributed by atoms with Crippen molar-refractivity contribution in [1.29, 1.82) is 0 Å². The molecule has 2 unspecified atom stereocenters. The summed E-state index contributed by atoms with van der Waals surface area (Å²) in [6.07, 6.45) is -2.57. The lowest BCUT2D eigenvalue weighted by Crippen LogP contribution is -2.43. The fourth-order valence-electron chi connectivity index (χ4n) is 3.10. The van der Waals surface area contributed by atoms with E-state index in [0.29, 0.717) is 24.0 Å². The van der Waals surface area contributed by atoms with Gasteiger partial charge in [-0.1, -0.05) is 0 Å². The third-order valence-electron chi connectivity index (χ3n) is 4.53. The van der Waals surface area contributed by atoms with Crippen molar-refractivity contribution >= 4 is 0 Å². The second-order valence-electron chi connectivity index (χ2n) is 5.92. The number of alkyl halides is 3. The van der Waals surface area contributed by atoms with Gasteiger partial charge in [-0.25, -0.2) is 4.79 Å². The third kappa shape index (κ3) is 2.31. The highest BCUT2D eigenvalue weighted by molar-refractivity contribution is 5.11. The van der Waals surface area contributed by atoms with Crippen LogP contribution in [0.2, 0.25) is 0 Å². The fraction of sp³-hybridized carbons (Fsp3) is 0.692. The molecule has 3 rings (SSSR count). The summed E-state index contributed by atoms with van der Waals surface area (Å²) in [6.45, 7) is 1.22. The van der Waals surface area contributed by atoms with Crippen molar-refractivity contribution < 1.29 is 17.9 Å². The minimum Gasteiger partial charge on any atom is -0.381 e. The molecule has 0 bridgehead atoms. The zero-order chi connectivity index (χ0) is 15.4. The topological polar surface area (TPSA) is 53.2 Å². The molecule has 0 radical (unpaired) electrons. The largest absolute Gasteiger partial charge is 0.423 e. The van der Waals surface area contributed by atoms with Gasteiger partial charge in [0.05, 0.1) is 6.61 Å².